The maximum Gasteiger partial charge on any atom is 0.223 e. The van der Waals surface area contributed by atoms with E-state index in [0.29, 0.717) is 26.1 Å². The fourth-order valence-corrected chi connectivity index (χ4v) is 5.03. The molecule has 2 aliphatic heterocycles. The second-order valence-corrected chi connectivity index (χ2v) is 8.34. The number of hydrogen-bond donors (Lipinski definition) is 0. The van der Waals surface area contributed by atoms with E-state index >= 15 is 0 Å². The number of rotatable bonds is 4. The number of benzene rings is 2. The summed E-state index contributed by atoms with van der Waals surface area (Å²) >= 11 is 1.68. The van der Waals surface area contributed by atoms with Gasteiger partial charge in [-0.25, -0.2) is 4.98 Å². The molecular weight excluding hydrogens is 372 g/mol. The van der Waals surface area contributed by atoms with Crippen LogP contribution in [0.1, 0.15) is 35.9 Å². The molecule has 1 amide bonds. The van der Waals surface area contributed by atoms with E-state index in [9.17, 15) is 4.79 Å². The van der Waals surface area contributed by atoms with E-state index in [2.05, 4.69) is 17.1 Å². The lowest BCUT2D eigenvalue weighted by Crippen LogP contribution is -2.30. The van der Waals surface area contributed by atoms with Crippen molar-refractivity contribution in [3.63, 3.8) is 0 Å². The molecule has 1 fully saturated rings. The van der Waals surface area contributed by atoms with Crippen LogP contribution in [0.15, 0.2) is 42.5 Å². The number of para-hydroxylation sites is 1. The van der Waals surface area contributed by atoms with Crippen molar-refractivity contribution in [3.05, 3.63) is 53.0 Å². The third kappa shape index (κ3) is 3.33. The van der Waals surface area contributed by atoms with Crippen LogP contribution in [0.4, 0.5) is 0 Å². The van der Waals surface area contributed by atoms with E-state index in [-0.39, 0.29) is 11.9 Å². The molecule has 2 aromatic carbocycles. The minimum Gasteiger partial charge on any atom is -0.486 e. The van der Waals surface area contributed by atoms with E-state index in [1.807, 2.05) is 35.2 Å². The van der Waals surface area contributed by atoms with E-state index in [0.717, 1.165) is 47.0 Å². The standard InChI is InChI=1S/C22H22N2O3S/c25-22(10-9-21-23-16-4-1-2-6-20(16)28-21)24-11-3-5-17(24)15-7-8-18-19(14-15)27-13-12-26-18/h1-2,4,6-8,14,17H,3,5,9-13H2. The molecule has 5 nitrogen and oxygen atoms in total. The van der Waals surface area contributed by atoms with Crippen LogP contribution in [0.3, 0.4) is 0 Å². The Bertz CT molecular complexity index is 983. The number of nitrogens with zero attached hydrogens (tertiary/aromatic N) is 2. The van der Waals surface area contributed by atoms with E-state index in [1.54, 1.807) is 11.3 Å². The predicted molar refractivity (Wildman–Crippen MR) is 109 cm³/mol. The smallest absolute Gasteiger partial charge is 0.223 e. The maximum atomic E-state index is 13.0. The number of ether oxygens (including phenoxy) is 2. The zero-order chi connectivity index (χ0) is 18.9. The number of carbonyl (C=O) groups excluding carboxylic acids is 1. The number of hydrogen-bond acceptors (Lipinski definition) is 5. The van der Waals surface area contributed by atoms with Gasteiger partial charge in [-0.2, -0.15) is 0 Å². The molecule has 6 heteroatoms. The number of amides is 1. The number of fused-ring (bicyclic) bond motifs is 2. The van der Waals surface area contributed by atoms with Crippen LogP contribution in [0.2, 0.25) is 0 Å². The fraction of sp³-hybridized carbons (Fsp3) is 0.364. The molecule has 0 N–H and O–H groups in total. The van der Waals surface area contributed by atoms with Gasteiger partial charge in [0.05, 0.1) is 21.3 Å². The Kier molecular flexibility index (Phi) is 4.64. The molecule has 1 aromatic heterocycles. The van der Waals surface area contributed by atoms with Gasteiger partial charge in [0.15, 0.2) is 11.5 Å². The lowest BCUT2D eigenvalue weighted by atomic mass is 10.0. The number of aromatic nitrogens is 1. The van der Waals surface area contributed by atoms with Crippen LogP contribution in [0.5, 0.6) is 11.5 Å². The zero-order valence-corrected chi connectivity index (χ0v) is 16.4. The summed E-state index contributed by atoms with van der Waals surface area (Å²) in [5.41, 5.74) is 2.15. The summed E-state index contributed by atoms with van der Waals surface area (Å²) in [5, 5.41) is 1.03. The van der Waals surface area contributed by atoms with E-state index in [4.69, 9.17) is 9.47 Å². The average molecular weight is 394 g/mol. The molecule has 1 atom stereocenters. The first-order valence-corrected chi connectivity index (χ1v) is 10.6. The van der Waals surface area contributed by atoms with Gasteiger partial charge in [0.2, 0.25) is 5.91 Å². The lowest BCUT2D eigenvalue weighted by Gasteiger charge is -2.26. The van der Waals surface area contributed by atoms with Crippen LogP contribution in [-0.4, -0.2) is 35.5 Å². The summed E-state index contributed by atoms with van der Waals surface area (Å²) < 4.78 is 12.5. The average Bonchev–Trinajstić information content (AvgIpc) is 3.38. The molecule has 0 bridgehead atoms. The summed E-state index contributed by atoms with van der Waals surface area (Å²) in [6, 6.07) is 14.3. The second kappa shape index (κ2) is 7.43. The minimum absolute atomic E-state index is 0.124. The third-order valence-corrected chi connectivity index (χ3v) is 6.51. The van der Waals surface area contributed by atoms with Crippen molar-refractivity contribution in [2.24, 2.45) is 0 Å². The molecule has 28 heavy (non-hydrogen) atoms. The van der Waals surface area contributed by atoms with E-state index < -0.39 is 0 Å². The molecule has 0 saturated carbocycles. The monoisotopic (exact) mass is 394 g/mol. The first kappa shape index (κ1) is 17.5. The fourth-order valence-electron chi connectivity index (χ4n) is 4.06. The highest BCUT2D eigenvalue weighted by atomic mass is 32.1. The number of carbonyl (C=O) groups is 1. The van der Waals surface area contributed by atoms with Crippen LogP contribution in [0.25, 0.3) is 10.2 Å². The first-order valence-electron chi connectivity index (χ1n) is 9.81. The van der Waals surface area contributed by atoms with Gasteiger partial charge in [-0.15, -0.1) is 11.3 Å². The van der Waals surface area contributed by atoms with Crippen molar-refractivity contribution < 1.29 is 14.3 Å². The number of aryl methyl sites for hydroxylation is 1. The highest BCUT2D eigenvalue weighted by Gasteiger charge is 2.30. The number of likely N-dealkylation sites (tertiary alicyclic amines) is 1. The highest BCUT2D eigenvalue weighted by Crippen LogP contribution is 2.38. The summed E-state index contributed by atoms with van der Waals surface area (Å²) in [5.74, 6) is 1.79. The van der Waals surface area contributed by atoms with E-state index in [1.165, 1.54) is 4.70 Å². The van der Waals surface area contributed by atoms with Gasteiger partial charge in [0.1, 0.15) is 13.2 Å². The van der Waals surface area contributed by atoms with Crippen LogP contribution in [0, 0.1) is 0 Å². The van der Waals surface area contributed by atoms with Gasteiger partial charge >= 0.3 is 0 Å². The molecule has 0 aliphatic carbocycles. The molecule has 3 aromatic rings. The van der Waals surface area contributed by atoms with Crippen molar-refractivity contribution in [2.45, 2.75) is 31.7 Å². The highest BCUT2D eigenvalue weighted by molar-refractivity contribution is 7.18. The van der Waals surface area contributed by atoms with Gasteiger partial charge < -0.3 is 14.4 Å². The minimum atomic E-state index is 0.124. The number of thiazole rings is 1. The van der Waals surface area contributed by atoms with Crippen LogP contribution < -0.4 is 9.47 Å². The van der Waals surface area contributed by atoms with Crippen molar-refractivity contribution in [2.75, 3.05) is 19.8 Å². The van der Waals surface area contributed by atoms with Crippen molar-refractivity contribution in [3.8, 4) is 11.5 Å². The Morgan fingerprint density at radius 1 is 1.14 bits per heavy atom. The summed E-state index contributed by atoms with van der Waals surface area (Å²) in [6.07, 6.45) is 3.22. The summed E-state index contributed by atoms with van der Waals surface area (Å²) in [7, 11) is 0. The summed E-state index contributed by atoms with van der Waals surface area (Å²) in [6.45, 7) is 1.98. The molecule has 2 aliphatic rings. The van der Waals surface area contributed by atoms with Gasteiger partial charge in [-0.3, -0.25) is 4.79 Å². The quantitative estimate of drug-likeness (QED) is 0.660. The van der Waals surface area contributed by atoms with Gasteiger partial charge in [-0.1, -0.05) is 18.2 Å². The molecule has 0 spiro atoms. The molecule has 3 heterocycles. The molecule has 1 unspecified atom stereocenters. The maximum absolute atomic E-state index is 13.0. The SMILES string of the molecule is O=C(CCc1nc2ccccc2s1)N1CCCC1c1ccc2c(c1)OCCO2. The van der Waals surface area contributed by atoms with Gasteiger partial charge in [0.25, 0.3) is 0 Å². The second-order valence-electron chi connectivity index (χ2n) is 7.22. The lowest BCUT2D eigenvalue weighted by molar-refractivity contribution is -0.132. The Morgan fingerprint density at radius 2 is 2.00 bits per heavy atom. The van der Waals surface area contributed by atoms with Gasteiger partial charge in [-0.05, 0) is 42.7 Å². The Hall–Kier alpha value is -2.60. The van der Waals surface area contributed by atoms with Crippen molar-refractivity contribution >= 4 is 27.5 Å². The molecule has 1 saturated heterocycles. The zero-order valence-electron chi connectivity index (χ0n) is 15.6. The molecule has 144 valence electrons. The molecular formula is C22H22N2O3S. The van der Waals surface area contributed by atoms with Crippen LogP contribution in [-0.2, 0) is 11.2 Å². The normalized spacial score (nSPS) is 18.6. The topological polar surface area (TPSA) is 51.7 Å². The molecule has 5 rings (SSSR count). The Morgan fingerprint density at radius 3 is 2.89 bits per heavy atom. The largest absolute Gasteiger partial charge is 0.486 e. The molecule has 0 radical (unpaired) electrons. The van der Waals surface area contributed by atoms with Gasteiger partial charge in [0, 0.05) is 19.4 Å². The summed E-state index contributed by atoms with van der Waals surface area (Å²) in [4.78, 5) is 19.6. The van der Waals surface area contributed by atoms with Crippen LogP contribution >= 0.6 is 11.3 Å². The van der Waals surface area contributed by atoms with Crippen molar-refractivity contribution in [1.82, 2.24) is 9.88 Å². The third-order valence-electron chi connectivity index (χ3n) is 5.42. The van der Waals surface area contributed by atoms with Crippen molar-refractivity contribution in [1.29, 1.82) is 0 Å². The first-order chi connectivity index (χ1) is 13.8. The Balaban J connectivity index is 1.28. The Labute approximate surface area is 167 Å². The predicted octanol–water partition coefficient (Wildman–Crippen LogP) is 4.36.